The molecule has 4 heterocycles. The highest BCUT2D eigenvalue weighted by Gasteiger charge is 2.46. The number of imidazole rings is 1. The van der Waals surface area contributed by atoms with Gasteiger partial charge in [0.25, 0.3) is 0 Å². The van der Waals surface area contributed by atoms with Crippen molar-refractivity contribution in [1.82, 2.24) is 19.2 Å². The fourth-order valence-corrected chi connectivity index (χ4v) is 6.24. The van der Waals surface area contributed by atoms with E-state index in [0.717, 1.165) is 57.0 Å². The molecule has 30 heavy (non-hydrogen) atoms. The molecular formula is C25H36N4O. The largest absolute Gasteiger partial charge is 0.337 e. The maximum Gasteiger partial charge on any atom is 0.223 e. The molecule has 5 rings (SSSR count). The number of carbonyl (C=O) groups excluding carboxylic acids is 1. The van der Waals surface area contributed by atoms with Crippen LogP contribution in [0.2, 0.25) is 0 Å². The molecule has 2 aromatic heterocycles. The van der Waals surface area contributed by atoms with Crippen LogP contribution in [0.4, 0.5) is 0 Å². The maximum absolute atomic E-state index is 12.8. The normalized spacial score (nSPS) is 26.7. The van der Waals surface area contributed by atoms with Crippen LogP contribution in [0.5, 0.6) is 0 Å². The van der Waals surface area contributed by atoms with Crippen molar-refractivity contribution in [1.29, 1.82) is 0 Å². The first-order valence-electron chi connectivity index (χ1n) is 12.1. The number of aryl methyl sites for hydroxylation is 1. The molecule has 1 spiro atoms. The van der Waals surface area contributed by atoms with Crippen molar-refractivity contribution >= 4 is 11.6 Å². The molecule has 0 N–H and O–H groups in total. The van der Waals surface area contributed by atoms with Gasteiger partial charge in [-0.3, -0.25) is 9.69 Å². The molecule has 1 saturated carbocycles. The molecule has 162 valence electrons. The van der Waals surface area contributed by atoms with Gasteiger partial charge in [0.2, 0.25) is 5.91 Å². The molecule has 2 aliphatic heterocycles. The Balaban J connectivity index is 1.28. The third kappa shape index (κ3) is 3.77. The quantitative estimate of drug-likeness (QED) is 0.744. The van der Waals surface area contributed by atoms with Gasteiger partial charge in [-0.2, -0.15) is 0 Å². The fourth-order valence-electron chi connectivity index (χ4n) is 6.24. The molecule has 1 amide bonds. The Bertz CT molecular complexity index is 900. The van der Waals surface area contributed by atoms with Crippen molar-refractivity contribution in [3.63, 3.8) is 0 Å². The van der Waals surface area contributed by atoms with Crippen LogP contribution in [0, 0.1) is 12.8 Å². The summed E-state index contributed by atoms with van der Waals surface area (Å²) in [6.07, 6.45) is 14.1. The summed E-state index contributed by atoms with van der Waals surface area (Å²) in [4.78, 5) is 22.7. The summed E-state index contributed by atoms with van der Waals surface area (Å²) in [5.41, 5.74) is 3.60. The molecule has 1 atom stereocenters. The van der Waals surface area contributed by atoms with Crippen LogP contribution in [0.15, 0.2) is 24.4 Å². The summed E-state index contributed by atoms with van der Waals surface area (Å²) in [7, 11) is 0. The Morgan fingerprint density at radius 2 is 1.93 bits per heavy atom. The van der Waals surface area contributed by atoms with Crippen molar-refractivity contribution in [2.24, 2.45) is 5.92 Å². The van der Waals surface area contributed by atoms with E-state index in [1.54, 1.807) is 0 Å². The summed E-state index contributed by atoms with van der Waals surface area (Å²) < 4.78 is 2.19. The van der Waals surface area contributed by atoms with Gasteiger partial charge in [0.1, 0.15) is 5.65 Å². The molecule has 0 bridgehead atoms. The first kappa shape index (κ1) is 20.0. The second kappa shape index (κ2) is 8.33. The molecule has 5 nitrogen and oxygen atoms in total. The summed E-state index contributed by atoms with van der Waals surface area (Å²) in [5.74, 6) is 1.16. The zero-order valence-corrected chi connectivity index (χ0v) is 18.5. The van der Waals surface area contributed by atoms with Gasteiger partial charge in [-0.25, -0.2) is 4.98 Å². The Hall–Kier alpha value is -1.88. The molecule has 1 aliphatic carbocycles. The Kier molecular flexibility index (Phi) is 5.57. The molecule has 2 aromatic rings. The predicted octanol–water partition coefficient (Wildman–Crippen LogP) is 4.57. The molecule has 0 unspecified atom stereocenters. The van der Waals surface area contributed by atoms with Crippen LogP contribution in [-0.4, -0.2) is 50.3 Å². The second-order valence-electron chi connectivity index (χ2n) is 9.94. The SMILES string of the molecule is Cc1c(CN2CCC[C@]3(CCC(=O)N3CC3CCCCC3)CC2)nc2ccccn12. The Morgan fingerprint density at radius 3 is 2.77 bits per heavy atom. The van der Waals surface area contributed by atoms with Gasteiger partial charge in [-0.1, -0.05) is 25.3 Å². The van der Waals surface area contributed by atoms with E-state index in [4.69, 9.17) is 4.98 Å². The van der Waals surface area contributed by atoms with Crippen LogP contribution in [0.1, 0.15) is 75.6 Å². The Morgan fingerprint density at radius 1 is 1.07 bits per heavy atom. The predicted molar refractivity (Wildman–Crippen MR) is 119 cm³/mol. The lowest BCUT2D eigenvalue weighted by Gasteiger charge is -2.41. The number of hydrogen-bond donors (Lipinski definition) is 0. The number of rotatable bonds is 4. The number of amides is 1. The molecule has 0 aromatic carbocycles. The van der Waals surface area contributed by atoms with E-state index < -0.39 is 0 Å². The first-order chi connectivity index (χ1) is 14.6. The monoisotopic (exact) mass is 408 g/mol. The van der Waals surface area contributed by atoms with E-state index >= 15 is 0 Å². The minimum atomic E-state index is 0.122. The third-order valence-electron chi connectivity index (χ3n) is 8.09. The fraction of sp³-hybridized carbons (Fsp3) is 0.680. The highest BCUT2D eigenvalue weighted by Crippen LogP contribution is 2.41. The number of pyridine rings is 1. The molecular weight excluding hydrogens is 372 g/mol. The number of fused-ring (bicyclic) bond motifs is 1. The highest BCUT2D eigenvalue weighted by molar-refractivity contribution is 5.79. The average Bonchev–Trinajstić information content (AvgIpc) is 3.15. The van der Waals surface area contributed by atoms with Gasteiger partial charge in [-0.05, 0) is 70.0 Å². The third-order valence-corrected chi connectivity index (χ3v) is 8.09. The van der Waals surface area contributed by atoms with E-state index in [1.165, 1.54) is 56.3 Å². The van der Waals surface area contributed by atoms with E-state index in [2.05, 4.69) is 45.5 Å². The summed E-state index contributed by atoms with van der Waals surface area (Å²) >= 11 is 0. The lowest BCUT2D eigenvalue weighted by atomic mass is 9.84. The molecule has 0 radical (unpaired) electrons. The van der Waals surface area contributed by atoms with E-state index in [1.807, 2.05) is 0 Å². The molecule has 2 saturated heterocycles. The number of carbonyl (C=O) groups is 1. The minimum absolute atomic E-state index is 0.122. The number of likely N-dealkylation sites (tertiary alicyclic amines) is 2. The van der Waals surface area contributed by atoms with Gasteiger partial charge in [-0.15, -0.1) is 0 Å². The van der Waals surface area contributed by atoms with Crippen LogP contribution in [0.3, 0.4) is 0 Å². The van der Waals surface area contributed by atoms with Gasteiger partial charge in [0, 0.05) is 43.5 Å². The lowest BCUT2D eigenvalue weighted by molar-refractivity contribution is -0.132. The molecule has 5 heteroatoms. The van der Waals surface area contributed by atoms with Crippen molar-refractivity contribution in [3.8, 4) is 0 Å². The average molecular weight is 409 g/mol. The van der Waals surface area contributed by atoms with Crippen LogP contribution < -0.4 is 0 Å². The van der Waals surface area contributed by atoms with Crippen molar-refractivity contribution < 1.29 is 4.79 Å². The van der Waals surface area contributed by atoms with Gasteiger partial charge in [0.15, 0.2) is 0 Å². The smallest absolute Gasteiger partial charge is 0.223 e. The Labute approximate surface area is 180 Å². The second-order valence-corrected chi connectivity index (χ2v) is 9.94. The molecule has 3 fully saturated rings. The first-order valence-corrected chi connectivity index (χ1v) is 12.1. The van der Waals surface area contributed by atoms with Gasteiger partial charge >= 0.3 is 0 Å². The van der Waals surface area contributed by atoms with Crippen molar-refractivity contribution in [2.75, 3.05) is 19.6 Å². The standard InChI is InChI=1S/C25H36N4O/c1-20-22(26-23-10-5-6-16-28(20)23)19-27-15-7-12-25(14-17-27)13-11-24(30)29(25)18-21-8-3-2-4-9-21/h5-6,10,16,21H,2-4,7-9,11-15,17-19H2,1H3/t25-/m0/s1. The highest BCUT2D eigenvalue weighted by atomic mass is 16.2. The van der Waals surface area contributed by atoms with Crippen molar-refractivity contribution in [2.45, 2.75) is 83.2 Å². The molecule has 3 aliphatic rings. The van der Waals surface area contributed by atoms with E-state index in [9.17, 15) is 4.79 Å². The van der Waals surface area contributed by atoms with E-state index in [0.29, 0.717) is 5.91 Å². The summed E-state index contributed by atoms with van der Waals surface area (Å²) in [6.45, 7) is 6.29. The lowest BCUT2D eigenvalue weighted by Crippen LogP contribution is -2.48. The van der Waals surface area contributed by atoms with Gasteiger partial charge in [0.05, 0.1) is 5.69 Å². The zero-order valence-electron chi connectivity index (χ0n) is 18.5. The summed E-state index contributed by atoms with van der Waals surface area (Å²) in [6, 6.07) is 6.21. The maximum atomic E-state index is 12.8. The van der Waals surface area contributed by atoms with E-state index in [-0.39, 0.29) is 5.54 Å². The number of hydrogen-bond acceptors (Lipinski definition) is 3. The van der Waals surface area contributed by atoms with Gasteiger partial charge < -0.3 is 9.30 Å². The summed E-state index contributed by atoms with van der Waals surface area (Å²) in [5, 5.41) is 0. The van der Waals surface area contributed by atoms with Crippen LogP contribution in [0.25, 0.3) is 5.65 Å². The number of nitrogens with zero attached hydrogens (tertiary/aromatic N) is 4. The zero-order chi connectivity index (χ0) is 20.6. The number of aromatic nitrogens is 2. The van der Waals surface area contributed by atoms with Crippen LogP contribution >= 0.6 is 0 Å². The minimum Gasteiger partial charge on any atom is -0.337 e. The topological polar surface area (TPSA) is 40.9 Å². The van der Waals surface area contributed by atoms with Crippen molar-refractivity contribution in [3.05, 3.63) is 35.8 Å². The van der Waals surface area contributed by atoms with Crippen LogP contribution in [-0.2, 0) is 11.3 Å².